The average molecular weight is 182 g/mol. The molecule has 0 fully saturated rings. The Labute approximate surface area is 73.9 Å². The third kappa shape index (κ3) is 3.00. The van der Waals surface area contributed by atoms with Gasteiger partial charge in [0.2, 0.25) is 8.32 Å². The summed E-state index contributed by atoms with van der Waals surface area (Å²) in [5.74, 6) is 0. The van der Waals surface area contributed by atoms with Crippen LogP contribution in [-0.2, 0) is 0 Å². The van der Waals surface area contributed by atoms with Gasteiger partial charge in [-0.25, -0.2) is 9.97 Å². The smallest absolute Gasteiger partial charge is 0.302 e. The predicted molar refractivity (Wildman–Crippen MR) is 50.7 cm³/mol. The SMILES string of the molecule is Cc1cnc(O[Si](C)(C)C)nc1. The van der Waals surface area contributed by atoms with Crippen LogP contribution in [0.25, 0.3) is 0 Å². The van der Waals surface area contributed by atoms with Gasteiger partial charge in [-0.2, -0.15) is 0 Å². The third-order valence-corrected chi connectivity index (χ3v) is 1.95. The summed E-state index contributed by atoms with van der Waals surface area (Å²) in [4.78, 5) is 8.13. The van der Waals surface area contributed by atoms with Crippen molar-refractivity contribution in [3.63, 3.8) is 0 Å². The van der Waals surface area contributed by atoms with Crippen LogP contribution in [0.4, 0.5) is 0 Å². The molecule has 1 heterocycles. The van der Waals surface area contributed by atoms with Gasteiger partial charge in [0.25, 0.3) is 0 Å². The molecular weight excluding hydrogens is 168 g/mol. The molecule has 0 aromatic carbocycles. The zero-order valence-corrected chi connectivity index (χ0v) is 8.96. The summed E-state index contributed by atoms with van der Waals surface area (Å²) in [7, 11) is -1.54. The van der Waals surface area contributed by atoms with Crippen LogP contribution in [-0.4, -0.2) is 18.3 Å². The van der Waals surface area contributed by atoms with Gasteiger partial charge >= 0.3 is 6.01 Å². The summed E-state index contributed by atoms with van der Waals surface area (Å²) in [5.41, 5.74) is 1.05. The Hall–Kier alpha value is -0.903. The van der Waals surface area contributed by atoms with Crippen molar-refractivity contribution < 1.29 is 4.43 Å². The van der Waals surface area contributed by atoms with Crippen molar-refractivity contribution in [3.05, 3.63) is 18.0 Å². The van der Waals surface area contributed by atoms with Crippen molar-refractivity contribution in [2.24, 2.45) is 0 Å². The lowest BCUT2D eigenvalue weighted by Crippen LogP contribution is -2.30. The molecule has 0 saturated heterocycles. The van der Waals surface area contributed by atoms with Gasteiger partial charge in [-0.05, 0) is 32.1 Å². The van der Waals surface area contributed by atoms with Gasteiger partial charge in [0, 0.05) is 12.4 Å². The van der Waals surface area contributed by atoms with Gasteiger partial charge in [0.05, 0.1) is 0 Å². The molecular formula is C8H14N2OSi. The maximum Gasteiger partial charge on any atom is 0.302 e. The van der Waals surface area contributed by atoms with Crippen molar-refractivity contribution in [1.29, 1.82) is 0 Å². The van der Waals surface area contributed by atoms with Gasteiger partial charge in [-0.15, -0.1) is 0 Å². The topological polar surface area (TPSA) is 35.0 Å². The molecule has 1 aromatic heterocycles. The number of rotatable bonds is 2. The fraction of sp³-hybridized carbons (Fsp3) is 0.500. The first-order chi connectivity index (χ1) is 5.47. The lowest BCUT2D eigenvalue weighted by molar-refractivity contribution is 0.508. The van der Waals surface area contributed by atoms with Crippen LogP contribution in [0, 0.1) is 6.92 Å². The molecule has 0 aliphatic rings. The second kappa shape index (κ2) is 3.22. The predicted octanol–water partition coefficient (Wildman–Crippen LogP) is 2.00. The van der Waals surface area contributed by atoms with Crippen LogP contribution in [0.15, 0.2) is 12.4 Å². The second-order valence-electron chi connectivity index (χ2n) is 3.76. The van der Waals surface area contributed by atoms with Crippen LogP contribution in [0.3, 0.4) is 0 Å². The highest BCUT2D eigenvalue weighted by molar-refractivity contribution is 6.70. The van der Waals surface area contributed by atoms with Gasteiger partial charge < -0.3 is 4.43 Å². The molecule has 0 spiro atoms. The quantitative estimate of drug-likeness (QED) is 0.656. The fourth-order valence-corrected chi connectivity index (χ4v) is 1.36. The Morgan fingerprint density at radius 2 is 1.67 bits per heavy atom. The Balaban J connectivity index is 2.71. The normalized spacial score (nSPS) is 11.3. The molecule has 0 amide bonds. The molecule has 0 atom stereocenters. The molecule has 0 radical (unpaired) electrons. The van der Waals surface area contributed by atoms with Crippen LogP contribution in [0.1, 0.15) is 5.56 Å². The Morgan fingerprint density at radius 3 is 2.08 bits per heavy atom. The largest absolute Gasteiger partial charge is 0.518 e. The molecule has 1 aromatic rings. The minimum atomic E-state index is -1.54. The molecule has 3 nitrogen and oxygen atoms in total. The molecule has 0 unspecified atom stereocenters. The number of hydrogen-bond donors (Lipinski definition) is 0. The number of nitrogens with zero attached hydrogens (tertiary/aromatic N) is 2. The van der Waals surface area contributed by atoms with E-state index in [-0.39, 0.29) is 0 Å². The van der Waals surface area contributed by atoms with E-state index in [1.165, 1.54) is 0 Å². The first-order valence-corrected chi connectivity index (χ1v) is 7.36. The van der Waals surface area contributed by atoms with Crippen molar-refractivity contribution in [2.75, 3.05) is 0 Å². The molecule has 0 aliphatic heterocycles. The molecule has 66 valence electrons. The molecule has 0 aliphatic carbocycles. The van der Waals surface area contributed by atoms with E-state index in [4.69, 9.17) is 4.43 Å². The Kier molecular flexibility index (Phi) is 2.47. The van der Waals surface area contributed by atoms with E-state index < -0.39 is 8.32 Å². The van der Waals surface area contributed by atoms with E-state index >= 15 is 0 Å². The molecule has 1 rings (SSSR count). The van der Waals surface area contributed by atoms with E-state index in [2.05, 4.69) is 29.6 Å². The maximum atomic E-state index is 5.57. The average Bonchev–Trinajstić information content (AvgIpc) is 1.91. The van der Waals surface area contributed by atoms with Gasteiger partial charge in [0.15, 0.2) is 0 Å². The molecule has 4 heteroatoms. The second-order valence-corrected chi connectivity index (χ2v) is 8.19. The molecule has 0 N–H and O–H groups in total. The maximum absolute atomic E-state index is 5.57. The van der Waals surface area contributed by atoms with Crippen LogP contribution in [0.2, 0.25) is 19.6 Å². The Morgan fingerprint density at radius 1 is 1.17 bits per heavy atom. The van der Waals surface area contributed by atoms with Crippen molar-refractivity contribution in [2.45, 2.75) is 26.6 Å². The zero-order valence-electron chi connectivity index (χ0n) is 7.96. The van der Waals surface area contributed by atoms with Crippen molar-refractivity contribution >= 4 is 8.32 Å². The lowest BCUT2D eigenvalue weighted by atomic mass is 10.4. The van der Waals surface area contributed by atoms with Crippen molar-refractivity contribution in [3.8, 4) is 6.01 Å². The monoisotopic (exact) mass is 182 g/mol. The van der Waals surface area contributed by atoms with E-state index in [1.54, 1.807) is 12.4 Å². The minimum Gasteiger partial charge on any atom is -0.518 e. The van der Waals surface area contributed by atoms with Gasteiger partial charge in [-0.3, -0.25) is 0 Å². The summed E-state index contributed by atoms with van der Waals surface area (Å²) in [6.07, 6.45) is 3.53. The van der Waals surface area contributed by atoms with Crippen LogP contribution < -0.4 is 4.43 Å². The first-order valence-electron chi connectivity index (χ1n) is 3.95. The third-order valence-electron chi connectivity index (χ3n) is 1.15. The minimum absolute atomic E-state index is 0.500. The fourth-order valence-electron chi connectivity index (χ4n) is 0.707. The Bertz CT molecular complexity index is 253. The number of hydrogen-bond acceptors (Lipinski definition) is 3. The summed E-state index contributed by atoms with van der Waals surface area (Å²) >= 11 is 0. The molecule has 0 bridgehead atoms. The van der Waals surface area contributed by atoms with Crippen LogP contribution in [0.5, 0.6) is 6.01 Å². The highest BCUT2D eigenvalue weighted by Gasteiger charge is 2.17. The summed E-state index contributed by atoms with van der Waals surface area (Å²) in [6, 6.07) is 0.500. The van der Waals surface area contributed by atoms with Crippen LogP contribution >= 0.6 is 0 Å². The highest BCUT2D eigenvalue weighted by atomic mass is 28.4. The summed E-state index contributed by atoms with van der Waals surface area (Å²) in [6.45, 7) is 8.28. The van der Waals surface area contributed by atoms with E-state index in [0.717, 1.165) is 5.56 Å². The van der Waals surface area contributed by atoms with E-state index in [1.807, 2.05) is 6.92 Å². The van der Waals surface area contributed by atoms with Crippen molar-refractivity contribution in [1.82, 2.24) is 9.97 Å². The first kappa shape index (κ1) is 9.19. The number of aryl methyl sites for hydroxylation is 1. The lowest BCUT2D eigenvalue weighted by Gasteiger charge is -2.16. The number of aromatic nitrogens is 2. The summed E-state index contributed by atoms with van der Waals surface area (Å²) < 4.78 is 5.57. The summed E-state index contributed by atoms with van der Waals surface area (Å²) in [5, 5.41) is 0. The molecule has 12 heavy (non-hydrogen) atoms. The standard InChI is InChI=1S/C8H14N2OSi/c1-7-5-9-8(10-6-7)11-12(2,3)4/h5-6H,1-4H3. The highest BCUT2D eigenvalue weighted by Crippen LogP contribution is 2.08. The van der Waals surface area contributed by atoms with E-state index in [9.17, 15) is 0 Å². The van der Waals surface area contributed by atoms with E-state index in [0.29, 0.717) is 6.01 Å². The zero-order chi connectivity index (χ0) is 9.19. The molecule has 0 saturated carbocycles. The van der Waals surface area contributed by atoms with Gasteiger partial charge in [-0.1, -0.05) is 0 Å². The van der Waals surface area contributed by atoms with Gasteiger partial charge in [0.1, 0.15) is 0 Å².